The second-order valence-corrected chi connectivity index (χ2v) is 10.6. The first-order chi connectivity index (χ1) is 17.1. The molecule has 1 aromatic heterocycles. The van der Waals surface area contributed by atoms with Crippen LogP contribution in [0.5, 0.6) is 0 Å². The van der Waals surface area contributed by atoms with E-state index in [9.17, 15) is 4.79 Å². The molecule has 2 aromatic carbocycles. The van der Waals surface area contributed by atoms with Crippen LogP contribution in [0, 0.1) is 11.3 Å². The summed E-state index contributed by atoms with van der Waals surface area (Å²) >= 11 is 7.50. The zero-order chi connectivity index (χ0) is 23.9. The summed E-state index contributed by atoms with van der Waals surface area (Å²) in [5.41, 5.74) is 3.33. The molecule has 6 rings (SSSR count). The molecule has 6 nitrogen and oxygen atoms in total. The van der Waals surface area contributed by atoms with Crippen molar-refractivity contribution in [1.29, 1.82) is 5.41 Å². The zero-order valence-corrected chi connectivity index (χ0v) is 20.6. The Labute approximate surface area is 212 Å². The number of aromatic nitrogens is 1. The van der Waals surface area contributed by atoms with Gasteiger partial charge in [-0.25, -0.2) is 0 Å². The first-order valence-corrected chi connectivity index (χ1v) is 13.1. The Bertz CT molecular complexity index is 1430. The fourth-order valence-corrected chi connectivity index (χ4v) is 6.17. The lowest BCUT2D eigenvalue weighted by Gasteiger charge is -2.20. The Balaban J connectivity index is 1.34. The maximum Gasteiger partial charge on any atom is 0.283 e. The van der Waals surface area contributed by atoms with Crippen molar-refractivity contribution in [2.24, 2.45) is 16.0 Å². The van der Waals surface area contributed by atoms with Gasteiger partial charge in [-0.2, -0.15) is 15.1 Å². The number of amides is 1. The number of fused-ring (bicyclic) bond motifs is 2. The Hall–Kier alpha value is -3.16. The molecular weight excluding hydrogens is 478 g/mol. The highest BCUT2D eigenvalue weighted by atomic mass is 35.5. The normalized spacial score (nSPS) is 19.9. The van der Waals surface area contributed by atoms with E-state index in [0.717, 1.165) is 39.9 Å². The summed E-state index contributed by atoms with van der Waals surface area (Å²) in [6.07, 6.45) is 9.72. The second kappa shape index (κ2) is 9.13. The van der Waals surface area contributed by atoms with E-state index >= 15 is 0 Å². The molecule has 0 spiro atoms. The van der Waals surface area contributed by atoms with Gasteiger partial charge in [0.2, 0.25) is 5.17 Å². The van der Waals surface area contributed by atoms with Gasteiger partial charge in [0.25, 0.3) is 5.91 Å². The minimum Gasteiger partial charge on any atom is -0.342 e. The number of halogens is 1. The predicted molar refractivity (Wildman–Crippen MR) is 144 cm³/mol. The fourth-order valence-electron chi connectivity index (χ4n) is 4.98. The number of aliphatic imine (C=N–C) groups is 1. The van der Waals surface area contributed by atoms with Crippen LogP contribution in [0.4, 0.5) is 0 Å². The van der Waals surface area contributed by atoms with E-state index in [1.54, 1.807) is 6.08 Å². The maximum absolute atomic E-state index is 13.0. The van der Waals surface area contributed by atoms with E-state index in [1.165, 1.54) is 36.0 Å². The van der Waals surface area contributed by atoms with Gasteiger partial charge in [0, 0.05) is 40.1 Å². The summed E-state index contributed by atoms with van der Waals surface area (Å²) in [7, 11) is 0. The van der Waals surface area contributed by atoms with E-state index in [4.69, 9.17) is 22.1 Å². The van der Waals surface area contributed by atoms with Gasteiger partial charge in [-0.1, -0.05) is 61.2 Å². The molecule has 0 radical (unpaired) electrons. The molecule has 0 bridgehead atoms. The third-order valence-electron chi connectivity index (χ3n) is 6.81. The minimum atomic E-state index is -0.386. The number of hydrazone groups is 1. The number of hydrogen-bond donors (Lipinski definition) is 1. The van der Waals surface area contributed by atoms with Gasteiger partial charge in [-0.3, -0.25) is 10.2 Å². The van der Waals surface area contributed by atoms with Gasteiger partial charge in [0.15, 0.2) is 5.84 Å². The van der Waals surface area contributed by atoms with Gasteiger partial charge in [0.05, 0.1) is 5.57 Å². The van der Waals surface area contributed by atoms with Gasteiger partial charge >= 0.3 is 0 Å². The summed E-state index contributed by atoms with van der Waals surface area (Å²) in [6, 6.07) is 15.9. The van der Waals surface area contributed by atoms with Crippen molar-refractivity contribution in [3.05, 3.63) is 76.5 Å². The summed E-state index contributed by atoms with van der Waals surface area (Å²) in [6.45, 7) is 0.673. The molecule has 8 heteroatoms. The highest BCUT2D eigenvalue weighted by molar-refractivity contribution is 8.27. The summed E-state index contributed by atoms with van der Waals surface area (Å²) in [5.74, 6) is 0.111. The average Bonchev–Trinajstić information content (AvgIpc) is 3.46. The number of carbonyl (C=O) groups excluding carboxylic acids is 1. The van der Waals surface area contributed by atoms with Gasteiger partial charge in [-0.15, -0.1) is 0 Å². The molecule has 35 heavy (non-hydrogen) atoms. The summed E-state index contributed by atoms with van der Waals surface area (Å²) < 4.78 is 2.15. The number of nitrogens with one attached hydrogen (secondary N) is 1. The van der Waals surface area contributed by atoms with E-state index in [1.807, 2.05) is 48.7 Å². The molecule has 0 unspecified atom stereocenters. The Morgan fingerprint density at radius 1 is 1.09 bits per heavy atom. The molecule has 176 valence electrons. The third kappa shape index (κ3) is 4.23. The molecule has 0 atom stereocenters. The number of amidine groups is 2. The SMILES string of the molecule is N=C1/C(=C\c2cn(Cc3ccc(Cl)cc3)c3ccccc23)C(=O)N=C2SC(C3CCCCC3)=NN12. The predicted octanol–water partition coefficient (Wildman–Crippen LogP) is 6.54. The molecular formula is C27H24ClN5OS. The summed E-state index contributed by atoms with van der Waals surface area (Å²) in [4.78, 5) is 17.3. The van der Waals surface area contributed by atoms with Gasteiger partial charge < -0.3 is 4.57 Å². The van der Waals surface area contributed by atoms with Crippen LogP contribution in [0.25, 0.3) is 17.0 Å². The van der Waals surface area contributed by atoms with Crippen LogP contribution in [0.15, 0.2) is 70.4 Å². The van der Waals surface area contributed by atoms with E-state index in [0.29, 0.717) is 22.7 Å². The average molecular weight is 502 g/mol. The zero-order valence-electron chi connectivity index (χ0n) is 19.1. The topological polar surface area (TPSA) is 73.8 Å². The largest absolute Gasteiger partial charge is 0.342 e. The van der Waals surface area contributed by atoms with Crippen LogP contribution in [0.3, 0.4) is 0 Å². The fraction of sp³-hybridized carbons (Fsp3) is 0.259. The Morgan fingerprint density at radius 3 is 2.66 bits per heavy atom. The minimum absolute atomic E-state index is 0.0906. The van der Waals surface area contributed by atoms with Crippen LogP contribution in [0.2, 0.25) is 5.02 Å². The Morgan fingerprint density at radius 2 is 1.86 bits per heavy atom. The number of benzene rings is 2. The molecule has 0 saturated heterocycles. The second-order valence-electron chi connectivity index (χ2n) is 9.15. The van der Waals surface area contributed by atoms with Gasteiger partial charge in [-0.05, 0) is 54.4 Å². The number of rotatable bonds is 4. The number of carbonyl (C=O) groups is 1. The lowest BCUT2D eigenvalue weighted by Crippen LogP contribution is -2.35. The first kappa shape index (κ1) is 22.3. The van der Waals surface area contributed by atoms with Crippen molar-refractivity contribution in [3.8, 4) is 0 Å². The number of nitrogens with zero attached hydrogens (tertiary/aromatic N) is 4. The van der Waals surface area contributed by atoms with Crippen molar-refractivity contribution < 1.29 is 4.79 Å². The molecule has 1 fully saturated rings. The molecule has 3 aromatic rings. The lowest BCUT2D eigenvalue weighted by molar-refractivity contribution is -0.114. The van der Waals surface area contributed by atoms with Crippen LogP contribution in [0.1, 0.15) is 43.2 Å². The van der Waals surface area contributed by atoms with Crippen molar-refractivity contribution in [3.63, 3.8) is 0 Å². The van der Waals surface area contributed by atoms with Crippen molar-refractivity contribution in [1.82, 2.24) is 9.58 Å². The molecule has 1 saturated carbocycles. The summed E-state index contributed by atoms with van der Waals surface area (Å²) in [5, 5.41) is 18.3. The quantitative estimate of drug-likeness (QED) is 0.412. The van der Waals surface area contributed by atoms with Crippen molar-refractivity contribution in [2.75, 3.05) is 0 Å². The molecule has 3 heterocycles. The molecule has 1 N–H and O–H groups in total. The molecule has 2 aliphatic heterocycles. The van der Waals surface area contributed by atoms with Crippen molar-refractivity contribution >= 4 is 62.3 Å². The van der Waals surface area contributed by atoms with Crippen LogP contribution >= 0.6 is 23.4 Å². The van der Waals surface area contributed by atoms with E-state index < -0.39 is 0 Å². The van der Waals surface area contributed by atoms with E-state index in [-0.39, 0.29) is 17.3 Å². The number of hydrogen-bond acceptors (Lipinski definition) is 4. The van der Waals surface area contributed by atoms with Crippen molar-refractivity contribution in [2.45, 2.75) is 38.6 Å². The highest BCUT2D eigenvalue weighted by Crippen LogP contribution is 2.36. The van der Waals surface area contributed by atoms with Crippen LogP contribution in [-0.4, -0.2) is 31.5 Å². The highest BCUT2D eigenvalue weighted by Gasteiger charge is 2.38. The first-order valence-electron chi connectivity index (χ1n) is 11.9. The number of thioether (sulfide) groups is 1. The third-order valence-corrected chi connectivity index (χ3v) is 8.13. The molecule has 1 aliphatic carbocycles. The van der Waals surface area contributed by atoms with Gasteiger partial charge in [0.1, 0.15) is 5.04 Å². The molecule has 1 amide bonds. The van der Waals surface area contributed by atoms with Crippen LogP contribution in [-0.2, 0) is 11.3 Å². The Kier molecular flexibility index (Phi) is 5.82. The lowest BCUT2D eigenvalue weighted by atomic mass is 9.90. The number of para-hydroxylation sites is 1. The molecule has 3 aliphatic rings. The maximum atomic E-state index is 13.0. The smallest absolute Gasteiger partial charge is 0.283 e. The standard InChI is InChI=1S/C27H24ClN5OS/c28-20-12-10-17(11-13-20)15-32-16-19(21-8-4-5-9-23(21)32)14-22-24(29)33-27(30-25(22)34)35-26(31-33)18-6-2-1-3-7-18/h4-5,8-14,16,18,29H,1-3,6-7,15H2/b22-14+,29-24?. The van der Waals surface area contributed by atoms with E-state index in [2.05, 4.69) is 15.6 Å². The van der Waals surface area contributed by atoms with Crippen LogP contribution < -0.4 is 0 Å². The monoisotopic (exact) mass is 501 g/mol.